The molecular weight excluding hydrogens is 428 g/mol. The molecule has 0 radical (unpaired) electrons. The second kappa shape index (κ2) is 28.0. The van der Waals surface area contributed by atoms with Crippen molar-refractivity contribution in [3.05, 3.63) is 0 Å². The van der Waals surface area contributed by atoms with Gasteiger partial charge in [-0.2, -0.15) is 0 Å². The maximum atomic E-state index is 12.5. The third-order valence-electron chi connectivity index (χ3n) is 7.79. The Kier molecular flexibility index (Phi) is 27.6. The van der Waals surface area contributed by atoms with Crippen molar-refractivity contribution in [3.8, 4) is 0 Å². The Labute approximate surface area is 222 Å². The van der Waals surface area contributed by atoms with E-state index in [-0.39, 0.29) is 11.9 Å². The van der Waals surface area contributed by atoms with Crippen molar-refractivity contribution in [2.24, 2.45) is 11.8 Å². The normalized spacial score (nSPS) is 13.1. The second-order valence-corrected chi connectivity index (χ2v) is 11.5. The summed E-state index contributed by atoms with van der Waals surface area (Å²) < 4.78 is 5.85. The zero-order chi connectivity index (χ0) is 25.8. The summed E-state index contributed by atoms with van der Waals surface area (Å²) in [7, 11) is 0. The lowest BCUT2D eigenvalue weighted by Crippen LogP contribution is -2.20. The van der Waals surface area contributed by atoms with Crippen molar-refractivity contribution in [1.29, 1.82) is 0 Å². The second-order valence-electron chi connectivity index (χ2n) is 11.5. The quantitative estimate of drug-likeness (QED) is 0.0798. The zero-order valence-corrected chi connectivity index (χ0v) is 24.9. The van der Waals surface area contributed by atoms with Gasteiger partial charge in [-0.05, 0) is 25.2 Å². The van der Waals surface area contributed by atoms with Gasteiger partial charge < -0.3 is 4.74 Å². The van der Waals surface area contributed by atoms with E-state index in [4.69, 9.17) is 4.74 Å². The van der Waals surface area contributed by atoms with Gasteiger partial charge in [0.25, 0.3) is 0 Å². The van der Waals surface area contributed by atoms with Gasteiger partial charge in [-0.3, -0.25) is 4.79 Å². The van der Waals surface area contributed by atoms with E-state index in [0.717, 1.165) is 12.8 Å². The van der Waals surface area contributed by atoms with Crippen molar-refractivity contribution in [3.63, 3.8) is 0 Å². The average Bonchev–Trinajstić information content (AvgIpc) is 2.86. The van der Waals surface area contributed by atoms with E-state index in [1.807, 2.05) is 0 Å². The number of carbonyl (C=O) groups is 1. The van der Waals surface area contributed by atoms with Crippen LogP contribution in [0, 0.1) is 11.8 Å². The van der Waals surface area contributed by atoms with Crippen LogP contribution >= 0.6 is 0 Å². The standard InChI is InChI=1S/C33H66O2/c1-5-8-11-14-16-18-19-21-23-26-29-32(28-25-22-20-17-15-12-9-6-2)30-35-33(34)31(4)27-24-13-10-7-3/h31-32H,5-30H2,1-4H3. The maximum Gasteiger partial charge on any atom is 0.308 e. The number of carbonyl (C=O) groups excluding carboxylic acids is 1. The van der Waals surface area contributed by atoms with Crippen LogP contribution in [-0.2, 0) is 9.53 Å². The molecule has 0 aliphatic carbocycles. The number of ether oxygens (including phenoxy) is 1. The Bertz CT molecular complexity index is 419. The van der Waals surface area contributed by atoms with Crippen LogP contribution in [0.3, 0.4) is 0 Å². The van der Waals surface area contributed by atoms with Gasteiger partial charge in [-0.15, -0.1) is 0 Å². The highest BCUT2D eigenvalue weighted by Gasteiger charge is 2.17. The van der Waals surface area contributed by atoms with Gasteiger partial charge in [-0.25, -0.2) is 0 Å². The van der Waals surface area contributed by atoms with Crippen LogP contribution in [0.5, 0.6) is 0 Å². The molecule has 0 bridgehead atoms. The van der Waals surface area contributed by atoms with Crippen molar-refractivity contribution in [1.82, 2.24) is 0 Å². The topological polar surface area (TPSA) is 26.3 Å². The summed E-state index contributed by atoms with van der Waals surface area (Å²) in [6.07, 6.45) is 33.2. The molecule has 35 heavy (non-hydrogen) atoms. The predicted octanol–water partition coefficient (Wildman–Crippen LogP) is 11.6. The fourth-order valence-corrected chi connectivity index (χ4v) is 5.14. The van der Waals surface area contributed by atoms with Crippen LogP contribution in [0.4, 0.5) is 0 Å². The van der Waals surface area contributed by atoms with Gasteiger partial charge in [0.1, 0.15) is 0 Å². The van der Waals surface area contributed by atoms with Gasteiger partial charge >= 0.3 is 5.97 Å². The van der Waals surface area contributed by atoms with Gasteiger partial charge in [0.15, 0.2) is 0 Å². The molecule has 0 fully saturated rings. The first-order valence-electron chi connectivity index (χ1n) is 16.3. The molecule has 0 saturated heterocycles. The van der Waals surface area contributed by atoms with Crippen LogP contribution in [0.1, 0.15) is 188 Å². The highest BCUT2D eigenvalue weighted by Crippen LogP contribution is 2.21. The summed E-state index contributed by atoms with van der Waals surface area (Å²) >= 11 is 0. The van der Waals surface area contributed by atoms with Gasteiger partial charge in [0.05, 0.1) is 12.5 Å². The van der Waals surface area contributed by atoms with Crippen LogP contribution in [0.25, 0.3) is 0 Å². The largest absolute Gasteiger partial charge is 0.465 e. The molecule has 0 N–H and O–H groups in total. The summed E-state index contributed by atoms with van der Waals surface area (Å²) in [5.41, 5.74) is 0. The molecule has 0 aromatic carbocycles. The highest BCUT2D eigenvalue weighted by atomic mass is 16.5. The van der Waals surface area contributed by atoms with Crippen molar-refractivity contribution in [2.45, 2.75) is 188 Å². The number of unbranched alkanes of at least 4 members (excludes halogenated alkanes) is 19. The van der Waals surface area contributed by atoms with E-state index in [2.05, 4.69) is 27.7 Å². The fourth-order valence-electron chi connectivity index (χ4n) is 5.14. The monoisotopic (exact) mass is 495 g/mol. The van der Waals surface area contributed by atoms with Crippen molar-refractivity contribution < 1.29 is 9.53 Å². The van der Waals surface area contributed by atoms with Crippen LogP contribution in [0.2, 0.25) is 0 Å². The Morgan fingerprint density at radius 1 is 0.486 bits per heavy atom. The molecule has 0 amide bonds. The maximum absolute atomic E-state index is 12.5. The Morgan fingerprint density at radius 2 is 0.800 bits per heavy atom. The summed E-state index contributed by atoms with van der Waals surface area (Å²) in [6.45, 7) is 9.53. The van der Waals surface area contributed by atoms with E-state index in [1.54, 1.807) is 0 Å². The molecule has 0 aliphatic rings. The lowest BCUT2D eigenvalue weighted by Gasteiger charge is -2.19. The number of hydrogen-bond acceptors (Lipinski definition) is 2. The Balaban J connectivity index is 4.13. The number of esters is 1. The van der Waals surface area contributed by atoms with E-state index in [1.165, 1.54) is 148 Å². The molecule has 0 aromatic heterocycles. The summed E-state index contributed by atoms with van der Waals surface area (Å²) in [4.78, 5) is 12.5. The molecule has 0 aliphatic heterocycles. The average molecular weight is 495 g/mol. The Hall–Kier alpha value is -0.530. The van der Waals surface area contributed by atoms with Crippen LogP contribution < -0.4 is 0 Å². The van der Waals surface area contributed by atoms with Crippen molar-refractivity contribution in [2.75, 3.05) is 6.61 Å². The smallest absolute Gasteiger partial charge is 0.308 e. The number of hydrogen-bond donors (Lipinski definition) is 0. The van der Waals surface area contributed by atoms with Crippen molar-refractivity contribution >= 4 is 5.97 Å². The van der Waals surface area contributed by atoms with Crippen LogP contribution in [-0.4, -0.2) is 12.6 Å². The summed E-state index contributed by atoms with van der Waals surface area (Å²) in [6, 6.07) is 0. The SMILES string of the molecule is CCCCCCCCCCCCC(CCCCCCCCCC)COC(=O)C(C)CCCCCC. The third kappa shape index (κ3) is 24.9. The molecule has 2 nitrogen and oxygen atoms in total. The minimum atomic E-state index is 0.0468. The van der Waals surface area contributed by atoms with Gasteiger partial charge in [0.2, 0.25) is 0 Å². The Morgan fingerprint density at radius 3 is 1.20 bits per heavy atom. The minimum absolute atomic E-state index is 0.0468. The fraction of sp³-hybridized carbons (Fsp3) is 0.970. The first-order chi connectivity index (χ1) is 17.2. The molecule has 0 saturated carbocycles. The minimum Gasteiger partial charge on any atom is -0.465 e. The molecule has 0 heterocycles. The van der Waals surface area contributed by atoms with Crippen LogP contribution in [0.15, 0.2) is 0 Å². The molecule has 210 valence electrons. The first kappa shape index (κ1) is 34.5. The van der Waals surface area contributed by atoms with Gasteiger partial charge in [0, 0.05) is 0 Å². The number of rotatable bonds is 28. The van der Waals surface area contributed by atoms with E-state index in [9.17, 15) is 4.79 Å². The highest BCUT2D eigenvalue weighted by molar-refractivity contribution is 5.71. The summed E-state index contributed by atoms with van der Waals surface area (Å²) in [5.74, 6) is 0.679. The summed E-state index contributed by atoms with van der Waals surface area (Å²) in [5, 5.41) is 0. The van der Waals surface area contributed by atoms with E-state index in [0.29, 0.717) is 12.5 Å². The van der Waals surface area contributed by atoms with Gasteiger partial charge in [-0.1, -0.05) is 169 Å². The molecular formula is C33H66O2. The predicted molar refractivity (Wildman–Crippen MR) is 156 cm³/mol. The molecule has 0 spiro atoms. The molecule has 0 aromatic rings. The molecule has 0 rings (SSSR count). The molecule has 2 unspecified atom stereocenters. The molecule has 2 atom stereocenters. The molecule has 2 heteroatoms. The first-order valence-corrected chi connectivity index (χ1v) is 16.3. The zero-order valence-electron chi connectivity index (χ0n) is 24.9. The lowest BCUT2D eigenvalue weighted by molar-refractivity contribution is -0.149. The third-order valence-corrected chi connectivity index (χ3v) is 7.79. The lowest BCUT2D eigenvalue weighted by atomic mass is 9.94. The van der Waals surface area contributed by atoms with E-state index >= 15 is 0 Å². The van der Waals surface area contributed by atoms with E-state index < -0.39 is 0 Å².